The topological polar surface area (TPSA) is 94.5 Å². The summed E-state index contributed by atoms with van der Waals surface area (Å²) in [7, 11) is 1.46. The highest BCUT2D eigenvalue weighted by molar-refractivity contribution is 6.00. The van der Waals surface area contributed by atoms with E-state index < -0.39 is 17.5 Å². The summed E-state index contributed by atoms with van der Waals surface area (Å²) in [6.45, 7) is 11.5. The molecule has 0 saturated carbocycles. The number of methoxy groups -OCH3 is 1. The summed E-state index contributed by atoms with van der Waals surface area (Å²) in [5.41, 5.74) is 3.28. The zero-order valence-corrected chi connectivity index (χ0v) is 19.0. The first-order chi connectivity index (χ1) is 14.5. The third kappa shape index (κ3) is 2.22. The molecule has 3 aliphatic heterocycles. The van der Waals surface area contributed by atoms with Crippen LogP contribution in [0.2, 0.25) is 0 Å². The number of hydrogen-bond donors (Lipinski definition) is 2. The molecule has 31 heavy (non-hydrogen) atoms. The first-order valence-corrected chi connectivity index (χ1v) is 10.9. The summed E-state index contributed by atoms with van der Waals surface area (Å²) in [6.07, 6.45) is -0.274. The Hall–Kier alpha value is -2.09. The van der Waals surface area contributed by atoms with Crippen molar-refractivity contribution in [3.8, 4) is 17.2 Å². The maximum atomic E-state index is 13.4. The van der Waals surface area contributed by atoms with Crippen LogP contribution in [0.3, 0.4) is 0 Å². The van der Waals surface area contributed by atoms with E-state index in [1.165, 1.54) is 7.11 Å². The van der Waals surface area contributed by atoms with Crippen LogP contribution in [-0.2, 0) is 20.7 Å². The number of ketones is 1. The van der Waals surface area contributed by atoms with Crippen LogP contribution >= 0.6 is 0 Å². The van der Waals surface area contributed by atoms with Crippen molar-refractivity contribution in [3.05, 3.63) is 27.8 Å². The van der Waals surface area contributed by atoms with Gasteiger partial charge >= 0.3 is 0 Å². The zero-order chi connectivity index (χ0) is 22.6. The number of aromatic hydroxyl groups is 1. The number of allylic oxidation sites excluding steroid dienone is 1. The van der Waals surface area contributed by atoms with Gasteiger partial charge in [-0.1, -0.05) is 13.8 Å². The second-order valence-corrected chi connectivity index (χ2v) is 9.53. The molecule has 3 heterocycles. The van der Waals surface area contributed by atoms with E-state index >= 15 is 0 Å². The number of fused-ring (bicyclic) bond motifs is 5. The van der Waals surface area contributed by atoms with Crippen molar-refractivity contribution in [1.29, 1.82) is 0 Å². The fourth-order valence-electron chi connectivity index (χ4n) is 6.07. The Morgan fingerprint density at radius 2 is 1.74 bits per heavy atom. The number of benzene rings is 1. The van der Waals surface area contributed by atoms with Crippen LogP contribution < -0.4 is 9.47 Å². The van der Waals surface area contributed by atoms with Crippen molar-refractivity contribution < 1.29 is 34.0 Å². The molecule has 168 valence electrons. The van der Waals surface area contributed by atoms with E-state index in [-0.39, 0.29) is 42.0 Å². The van der Waals surface area contributed by atoms with Gasteiger partial charge in [-0.2, -0.15) is 0 Å². The Kier molecular flexibility index (Phi) is 4.19. The first-order valence-electron chi connectivity index (χ1n) is 10.9. The van der Waals surface area contributed by atoms with Gasteiger partial charge in [-0.25, -0.2) is 0 Å². The fraction of sp³-hybridized carbons (Fsp3) is 0.625. The van der Waals surface area contributed by atoms with Crippen LogP contribution in [0.4, 0.5) is 0 Å². The molecule has 1 saturated heterocycles. The number of carbonyl (C=O) groups is 1. The molecule has 1 aromatic carbocycles. The SMILES string of the molecule is COC12OC(C)C(C)C1=C(C)C(=O)C1Cc3c(O)c4c(c(C)c3OC12O)C(C)C(C)O4. The van der Waals surface area contributed by atoms with E-state index in [0.29, 0.717) is 28.2 Å². The number of rotatable bonds is 1. The maximum Gasteiger partial charge on any atom is 0.277 e. The van der Waals surface area contributed by atoms with E-state index in [9.17, 15) is 15.0 Å². The third-order valence-corrected chi connectivity index (χ3v) is 8.08. The predicted octanol–water partition coefficient (Wildman–Crippen LogP) is 3.12. The van der Waals surface area contributed by atoms with Crippen LogP contribution in [0.1, 0.15) is 57.2 Å². The molecule has 1 aromatic rings. The molecule has 0 radical (unpaired) electrons. The summed E-state index contributed by atoms with van der Waals surface area (Å²) >= 11 is 0. The summed E-state index contributed by atoms with van der Waals surface area (Å²) in [4.78, 5) is 13.4. The van der Waals surface area contributed by atoms with Crippen LogP contribution in [-0.4, -0.2) is 46.9 Å². The van der Waals surface area contributed by atoms with Crippen LogP contribution in [0.5, 0.6) is 17.2 Å². The number of phenols is 1. The Morgan fingerprint density at radius 1 is 1.06 bits per heavy atom. The van der Waals surface area contributed by atoms with E-state index in [4.69, 9.17) is 18.9 Å². The number of Topliss-reactive ketones (excluding diaryl/α,β-unsaturated/α-hetero) is 1. The molecule has 7 unspecified atom stereocenters. The minimum atomic E-state index is -2.06. The van der Waals surface area contributed by atoms with E-state index in [1.807, 2.05) is 34.6 Å². The van der Waals surface area contributed by atoms with E-state index in [0.717, 1.165) is 11.1 Å². The second-order valence-electron chi connectivity index (χ2n) is 9.53. The molecule has 0 aromatic heterocycles. The molecule has 0 amide bonds. The van der Waals surface area contributed by atoms with Gasteiger partial charge in [0.1, 0.15) is 11.9 Å². The highest BCUT2D eigenvalue weighted by atomic mass is 16.8. The van der Waals surface area contributed by atoms with Gasteiger partial charge in [0.2, 0.25) is 0 Å². The lowest BCUT2D eigenvalue weighted by molar-refractivity contribution is -0.364. The largest absolute Gasteiger partial charge is 0.504 e. The minimum absolute atomic E-state index is 0.0189. The first kappa shape index (κ1) is 20.8. The standard InChI is InChI=1S/C24H30O7/c1-9-13(5)29-22-17(9)11(3)21-15(20(22)26)8-16-19(25)12(4)18-10(2)14(6)30-24(18,28-7)23(16,27)31-21/h9-10,13-14,16,26-27H,8H2,1-7H3. The molecule has 7 nitrogen and oxygen atoms in total. The van der Waals surface area contributed by atoms with Gasteiger partial charge in [0.25, 0.3) is 11.6 Å². The highest BCUT2D eigenvalue weighted by Gasteiger charge is 2.72. The number of aliphatic hydroxyl groups is 1. The van der Waals surface area contributed by atoms with Gasteiger partial charge in [-0.3, -0.25) is 4.79 Å². The molecule has 0 bridgehead atoms. The molecule has 4 aliphatic rings. The Morgan fingerprint density at radius 3 is 2.39 bits per heavy atom. The predicted molar refractivity (Wildman–Crippen MR) is 111 cm³/mol. The minimum Gasteiger partial charge on any atom is -0.504 e. The lowest BCUT2D eigenvalue weighted by atomic mass is 9.68. The number of ether oxygens (including phenoxy) is 4. The zero-order valence-electron chi connectivity index (χ0n) is 19.0. The summed E-state index contributed by atoms with van der Waals surface area (Å²) < 4.78 is 24.3. The summed E-state index contributed by atoms with van der Waals surface area (Å²) in [5.74, 6) is -4.13. The van der Waals surface area contributed by atoms with Gasteiger partial charge in [0.15, 0.2) is 17.3 Å². The van der Waals surface area contributed by atoms with Crippen LogP contribution in [0.15, 0.2) is 11.1 Å². The van der Waals surface area contributed by atoms with Crippen molar-refractivity contribution in [1.82, 2.24) is 0 Å². The number of phenolic OH excluding ortho intramolecular Hbond substituents is 1. The maximum absolute atomic E-state index is 13.4. The Labute approximate surface area is 181 Å². The molecule has 0 spiro atoms. The molecule has 7 atom stereocenters. The summed E-state index contributed by atoms with van der Waals surface area (Å²) in [6, 6.07) is 0. The molecule has 5 rings (SSSR count). The Bertz CT molecular complexity index is 1040. The highest BCUT2D eigenvalue weighted by Crippen LogP contribution is 2.60. The van der Waals surface area contributed by atoms with Gasteiger partial charge in [0.05, 0.1) is 12.0 Å². The van der Waals surface area contributed by atoms with Crippen LogP contribution in [0.25, 0.3) is 0 Å². The van der Waals surface area contributed by atoms with Crippen molar-refractivity contribution in [2.24, 2.45) is 11.8 Å². The number of carbonyl (C=O) groups excluding carboxylic acids is 1. The van der Waals surface area contributed by atoms with Gasteiger partial charge in [-0.15, -0.1) is 0 Å². The lowest BCUT2D eigenvalue weighted by Crippen LogP contribution is -2.70. The van der Waals surface area contributed by atoms with Gasteiger partial charge in [-0.05, 0) is 45.3 Å². The average Bonchev–Trinajstić information content (AvgIpc) is 3.18. The Balaban J connectivity index is 1.75. The van der Waals surface area contributed by atoms with Crippen molar-refractivity contribution >= 4 is 5.78 Å². The average molecular weight is 430 g/mol. The molecular weight excluding hydrogens is 400 g/mol. The lowest BCUT2D eigenvalue weighted by Gasteiger charge is -2.52. The van der Waals surface area contributed by atoms with E-state index in [2.05, 4.69) is 0 Å². The molecule has 1 fully saturated rings. The normalized spacial score (nSPS) is 40.6. The van der Waals surface area contributed by atoms with Gasteiger partial charge < -0.3 is 29.2 Å². The molecule has 1 aliphatic carbocycles. The quantitative estimate of drug-likeness (QED) is 0.707. The third-order valence-electron chi connectivity index (χ3n) is 8.08. The smallest absolute Gasteiger partial charge is 0.277 e. The van der Waals surface area contributed by atoms with Crippen LogP contribution in [0, 0.1) is 18.8 Å². The molecular formula is C24H30O7. The van der Waals surface area contributed by atoms with Crippen molar-refractivity contribution in [3.63, 3.8) is 0 Å². The van der Waals surface area contributed by atoms with E-state index in [1.54, 1.807) is 6.92 Å². The van der Waals surface area contributed by atoms with Crippen molar-refractivity contribution in [2.45, 2.75) is 77.7 Å². The molecule has 2 N–H and O–H groups in total. The monoisotopic (exact) mass is 430 g/mol. The summed E-state index contributed by atoms with van der Waals surface area (Å²) in [5, 5.41) is 23.1. The molecule has 7 heteroatoms. The fourth-order valence-corrected chi connectivity index (χ4v) is 6.07. The van der Waals surface area contributed by atoms with Crippen molar-refractivity contribution in [2.75, 3.05) is 7.11 Å². The second kappa shape index (κ2) is 6.24. The van der Waals surface area contributed by atoms with Gasteiger partial charge in [0, 0.05) is 35.6 Å². The number of hydrogen-bond acceptors (Lipinski definition) is 7.